The molecule has 1 amide bonds. The van der Waals surface area contributed by atoms with Gasteiger partial charge in [-0.2, -0.15) is 0 Å². The highest BCUT2D eigenvalue weighted by molar-refractivity contribution is 6.32. The predicted molar refractivity (Wildman–Crippen MR) is 128 cm³/mol. The first-order chi connectivity index (χ1) is 14.9. The van der Waals surface area contributed by atoms with E-state index in [-0.39, 0.29) is 5.91 Å². The van der Waals surface area contributed by atoms with Crippen molar-refractivity contribution >= 4 is 46.8 Å². The van der Waals surface area contributed by atoms with Crippen molar-refractivity contribution in [2.24, 2.45) is 0 Å². The lowest BCUT2D eigenvalue weighted by molar-refractivity contribution is -0.115. The van der Waals surface area contributed by atoms with Crippen LogP contribution < -0.4 is 15.0 Å². The third kappa shape index (κ3) is 7.73. The van der Waals surface area contributed by atoms with Gasteiger partial charge in [0.15, 0.2) is 0 Å². The van der Waals surface area contributed by atoms with E-state index < -0.39 is 0 Å². The quantitative estimate of drug-likeness (QED) is 0.674. The van der Waals surface area contributed by atoms with Crippen LogP contribution in [-0.2, 0) is 16.0 Å². The molecule has 0 spiro atoms. The Balaban J connectivity index is 0.000000197. The van der Waals surface area contributed by atoms with Gasteiger partial charge in [0.1, 0.15) is 12.0 Å². The van der Waals surface area contributed by atoms with E-state index in [2.05, 4.69) is 28.2 Å². The molecular weight excluding hydrogens is 437 g/mol. The molecule has 6 nitrogen and oxygen atoms in total. The number of carbonyl (C=O) groups is 2. The van der Waals surface area contributed by atoms with E-state index in [4.69, 9.17) is 27.9 Å². The van der Waals surface area contributed by atoms with Crippen LogP contribution in [0.15, 0.2) is 36.4 Å². The Bertz CT molecular complexity index is 884. The second kappa shape index (κ2) is 12.5. The van der Waals surface area contributed by atoms with Gasteiger partial charge in [0, 0.05) is 55.1 Å². The summed E-state index contributed by atoms with van der Waals surface area (Å²) in [6.45, 7) is 6.13. The summed E-state index contributed by atoms with van der Waals surface area (Å²) in [5, 5.41) is 4.04. The number of likely N-dealkylation sites (N-methyl/N-ethyl adjacent to an activating group) is 1. The van der Waals surface area contributed by atoms with Gasteiger partial charge in [-0.15, -0.1) is 0 Å². The summed E-state index contributed by atoms with van der Waals surface area (Å²) in [6, 6.07) is 11.4. The fourth-order valence-corrected chi connectivity index (χ4v) is 3.46. The van der Waals surface area contributed by atoms with E-state index in [1.165, 1.54) is 5.69 Å². The summed E-state index contributed by atoms with van der Waals surface area (Å²) >= 11 is 11.7. The number of nitrogens with one attached hydrogen (secondary N) is 1. The number of aldehydes is 1. The van der Waals surface area contributed by atoms with Crippen molar-refractivity contribution in [2.75, 3.05) is 50.6 Å². The second-order valence-corrected chi connectivity index (χ2v) is 8.05. The van der Waals surface area contributed by atoms with E-state index in [0.717, 1.165) is 49.5 Å². The number of nitrogens with zero attached hydrogens (tertiary/aromatic N) is 2. The molecule has 2 aromatic rings. The van der Waals surface area contributed by atoms with Gasteiger partial charge >= 0.3 is 0 Å². The minimum absolute atomic E-state index is 0.0438. The Labute approximate surface area is 194 Å². The van der Waals surface area contributed by atoms with Crippen LogP contribution in [0.1, 0.15) is 18.9 Å². The average molecular weight is 466 g/mol. The van der Waals surface area contributed by atoms with Gasteiger partial charge in [-0.25, -0.2) is 0 Å². The zero-order valence-corrected chi connectivity index (χ0v) is 19.7. The van der Waals surface area contributed by atoms with Crippen LogP contribution in [0.2, 0.25) is 10.0 Å². The molecule has 2 heterocycles. The lowest BCUT2D eigenvalue weighted by Crippen LogP contribution is -2.44. The van der Waals surface area contributed by atoms with E-state index >= 15 is 0 Å². The van der Waals surface area contributed by atoms with Crippen LogP contribution in [0.5, 0.6) is 5.75 Å². The molecule has 0 radical (unpaired) electrons. The van der Waals surface area contributed by atoms with Gasteiger partial charge in [-0.3, -0.25) is 4.79 Å². The van der Waals surface area contributed by atoms with E-state index in [0.29, 0.717) is 22.9 Å². The van der Waals surface area contributed by atoms with Gasteiger partial charge in [0.05, 0.1) is 18.6 Å². The first-order valence-electron chi connectivity index (χ1n) is 10.2. The number of halogens is 2. The van der Waals surface area contributed by atoms with E-state index in [1.807, 2.05) is 25.1 Å². The summed E-state index contributed by atoms with van der Waals surface area (Å²) in [7, 11) is 3.80. The molecule has 1 fully saturated rings. The monoisotopic (exact) mass is 465 g/mol. The van der Waals surface area contributed by atoms with Crippen LogP contribution >= 0.6 is 23.2 Å². The number of hydrogen-bond donors (Lipinski definition) is 1. The van der Waals surface area contributed by atoms with Crippen LogP contribution in [-0.4, -0.2) is 57.4 Å². The summed E-state index contributed by atoms with van der Waals surface area (Å²) < 4.78 is 5.23. The number of rotatable bonds is 3. The molecule has 0 saturated carbocycles. The zero-order chi connectivity index (χ0) is 22.8. The van der Waals surface area contributed by atoms with Crippen molar-refractivity contribution < 1.29 is 14.3 Å². The van der Waals surface area contributed by atoms with Gasteiger partial charge in [-0.1, -0.05) is 36.2 Å². The maximum Gasteiger partial charge on any atom is 0.228 e. The SMILES string of the molecule is CCC=O.COc1cc(N2CCN(C)CC2)ccc1Cl.O=C1Cc2ccc(Cl)cc2N1. The summed E-state index contributed by atoms with van der Waals surface area (Å²) in [4.78, 5) is 24.7. The van der Waals surface area contributed by atoms with Crippen LogP contribution in [0.3, 0.4) is 0 Å². The molecule has 1 saturated heterocycles. The minimum Gasteiger partial charge on any atom is -0.495 e. The summed E-state index contributed by atoms with van der Waals surface area (Å²) in [5.41, 5.74) is 3.07. The fourth-order valence-electron chi connectivity index (χ4n) is 3.10. The first-order valence-corrected chi connectivity index (χ1v) is 10.9. The molecule has 4 rings (SSSR count). The number of anilines is 2. The molecule has 1 N–H and O–H groups in total. The standard InChI is InChI=1S/C12H17ClN2O.C8H6ClNO.C3H6O/c1-14-5-7-15(8-6-14)10-3-4-11(13)12(9-10)16-2;9-6-2-1-5-3-8(11)10-7(5)4-6;1-2-3-4/h3-4,9H,5-8H2,1-2H3;1-2,4H,3H2,(H,10,11);3H,2H2,1H3. The molecule has 2 aliphatic rings. The Hall–Kier alpha value is -2.28. The maximum absolute atomic E-state index is 10.9. The van der Waals surface area contributed by atoms with E-state index in [1.54, 1.807) is 19.2 Å². The number of benzene rings is 2. The highest BCUT2D eigenvalue weighted by Gasteiger charge is 2.17. The highest BCUT2D eigenvalue weighted by Crippen LogP contribution is 2.29. The molecule has 168 valence electrons. The van der Waals surface area contributed by atoms with Crippen molar-refractivity contribution in [1.29, 1.82) is 0 Å². The van der Waals surface area contributed by atoms with Gasteiger partial charge in [0.25, 0.3) is 0 Å². The van der Waals surface area contributed by atoms with Crippen molar-refractivity contribution in [3.8, 4) is 5.75 Å². The van der Waals surface area contributed by atoms with Crippen molar-refractivity contribution in [3.63, 3.8) is 0 Å². The molecule has 0 atom stereocenters. The average Bonchev–Trinajstić information content (AvgIpc) is 3.14. The van der Waals surface area contributed by atoms with Gasteiger partial charge in [0.2, 0.25) is 5.91 Å². The number of fused-ring (bicyclic) bond motifs is 1. The Morgan fingerprint density at radius 3 is 2.39 bits per heavy atom. The predicted octanol–water partition coefficient (Wildman–Crippen LogP) is 4.53. The summed E-state index contributed by atoms with van der Waals surface area (Å²) in [6.07, 6.45) is 1.99. The number of carbonyl (C=O) groups excluding carboxylic acids is 2. The molecule has 31 heavy (non-hydrogen) atoms. The largest absolute Gasteiger partial charge is 0.495 e. The first kappa shape index (κ1) is 25.0. The van der Waals surface area contributed by atoms with Gasteiger partial charge < -0.3 is 24.6 Å². The molecule has 2 aliphatic heterocycles. The smallest absolute Gasteiger partial charge is 0.228 e. The molecule has 0 aliphatic carbocycles. The van der Waals surface area contributed by atoms with Crippen molar-refractivity contribution in [3.05, 3.63) is 52.0 Å². The Morgan fingerprint density at radius 1 is 1.10 bits per heavy atom. The van der Waals surface area contributed by atoms with Gasteiger partial charge in [-0.05, 0) is 36.9 Å². The third-order valence-electron chi connectivity index (χ3n) is 4.87. The normalized spacial score (nSPS) is 15.0. The minimum atomic E-state index is 0.0438. The highest BCUT2D eigenvalue weighted by atomic mass is 35.5. The number of methoxy groups -OCH3 is 1. The third-order valence-corrected chi connectivity index (χ3v) is 5.41. The van der Waals surface area contributed by atoms with Crippen molar-refractivity contribution in [1.82, 2.24) is 4.90 Å². The van der Waals surface area contributed by atoms with Crippen molar-refractivity contribution in [2.45, 2.75) is 19.8 Å². The summed E-state index contributed by atoms with van der Waals surface area (Å²) in [5.74, 6) is 0.792. The van der Waals surface area contributed by atoms with Crippen LogP contribution in [0, 0.1) is 0 Å². The molecule has 2 aromatic carbocycles. The Morgan fingerprint density at radius 2 is 1.77 bits per heavy atom. The lowest BCUT2D eigenvalue weighted by Gasteiger charge is -2.34. The maximum atomic E-state index is 10.9. The van der Waals surface area contributed by atoms with Crippen LogP contribution in [0.25, 0.3) is 0 Å². The topological polar surface area (TPSA) is 61.9 Å². The lowest BCUT2D eigenvalue weighted by atomic mass is 10.2. The number of hydrogen-bond acceptors (Lipinski definition) is 5. The number of ether oxygens (including phenoxy) is 1. The molecule has 0 aromatic heterocycles. The fraction of sp³-hybridized carbons (Fsp3) is 0.391. The Kier molecular flexibility index (Phi) is 10.1. The molecule has 0 bridgehead atoms. The molecule has 8 heteroatoms. The molecular formula is C23H29Cl2N3O3. The molecule has 0 unspecified atom stereocenters. The zero-order valence-electron chi connectivity index (χ0n) is 18.2. The van der Waals surface area contributed by atoms with Crippen LogP contribution in [0.4, 0.5) is 11.4 Å². The second-order valence-electron chi connectivity index (χ2n) is 7.21. The number of piperazine rings is 1. The number of amides is 1. The van der Waals surface area contributed by atoms with E-state index in [9.17, 15) is 9.59 Å².